The number of alkyl halides is 3. The number of aromatic nitrogens is 2. The molecule has 0 saturated heterocycles. The number of hydrogen-bond acceptors (Lipinski definition) is 6. The first-order chi connectivity index (χ1) is 14.7. The molecular weight excluding hydrogens is 435 g/mol. The van der Waals surface area contributed by atoms with Crippen molar-refractivity contribution >= 4 is 23.4 Å². The van der Waals surface area contributed by atoms with Gasteiger partial charge >= 0.3 is 6.36 Å². The van der Waals surface area contributed by atoms with E-state index in [1.807, 2.05) is 0 Å². The molecule has 0 aliphatic carbocycles. The van der Waals surface area contributed by atoms with E-state index in [4.69, 9.17) is 4.74 Å². The third-order valence-corrected chi connectivity index (χ3v) is 4.74. The largest absolute Gasteiger partial charge is 0.573 e. The molecule has 1 aromatic heterocycles. The van der Waals surface area contributed by atoms with Crippen molar-refractivity contribution in [2.75, 3.05) is 18.2 Å². The second-order valence-electron chi connectivity index (χ2n) is 6.03. The number of amides is 1. The van der Waals surface area contributed by atoms with Crippen molar-refractivity contribution in [2.24, 2.45) is 0 Å². The van der Waals surface area contributed by atoms with Crippen LogP contribution >= 0.6 is 11.8 Å². The van der Waals surface area contributed by atoms with Gasteiger partial charge in [0.1, 0.15) is 16.5 Å². The maximum Gasteiger partial charge on any atom is 0.573 e. The van der Waals surface area contributed by atoms with Crippen LogP contribution < -0.4 is 20.3 Å². The molecule has 0 atom stereocenters. The maximum atomic E-state index is 12.2. The lowest BCUT2D eigenvalue weighted by Crippen LogP contribution is -2.20. The number of anilines is 1. The molecule has 0 bridgehead atoms. The Bertz CT molecular complexity index is 1100. The second-order valence-corrected chi connectivity index (χ2v) is 7.02. The zero-order chi connectivity index (χ0) is 22.4. The zero-order valence-corrected chi connectivity index (χ0v) is 16.9. The van der Waals surface area contributed by atoms with Crippen LogP contribution in [-0.4, -0.2) is 34.9 Å². The van der Waals surface area contributed by atoms with Crippen molar-refractivity contribution in [1.82, 2.24) is 9.78 Å². The van der Waals surface area contributed by atoms with Crippen molar-refractivity contribution < 1.29 is 27.4 Å². The Morgan fingerprint density at radius 3 is 2.29 bits per heavy atom. The summed E-state index contributed by atoms with van der Waals surface area (Å²) in [5.41, 5.74) is 0.523. The highest BCUT2D eigenvalue weighted by Crippen LogP contribution is 2.24. The predicted octanol–water partition coefficient (Wildman–Crippen LogP) is 3.87. The second kappa shape index (κ2) is 9.56. The summed E-state index contributed by atoms with van der Waals surface area (Å²) in [6, 6.07) is 14.4. The van der Waals surface area contributed by atoms with E-state index in [-0.39, 0.29) is 17.1 Å². The first-order valence-electron chi connectivity index (χ1n) is 8.77. The molecule has 11 heteroatoms. The normalized spacial score (nSPS) is 11.1. The summed E-state index contributed by atoms with van der Waals surface area (Å²) >= 11 is 1.10. The summed E-state index contributed by atoms with van der Waals surface area (Å²) in [5, 5.41) is 7.26. The lowest BCUT2D eigenvalue weighted by atomic mass is 10.3. The summed E-state index contributed by atoms with van der Waals surface area (Å²) in [6.45, 7) is 0. The number of ether oxygens (including phenoxy) is 2. The number of benzene rings is 2. The van der Waals surface area contributed by atoms with Crippen LogP contribution in [0.25, 0.3) is 5.69 Å². The van der Waals surface area contributed by atoms with Gasteiger partial charge in [0.25, 0.3) is 5.56 Å². The molecular formula is C20H16F3N3O4S. The molecule has 162 valence electrons. The molecule has 1 amide bonds. The lowest BCUT2D eigenvalue weighted by Gasteiger charge is -2.10. The molecule has 1 N–H and O–H groups in total. The Hall–Kier alpha value is -3.47. The molecule has 7 nitrogen and oxygen atoms in total. The van der Waals surface area contributed by atoms with Gasteiger partial charge in [-0.15, -0.1) is 13.2 Å². The first-order valence-corrected chi connectivity index (χ1v) is 9.75. The highest BCUT2D eigenvalue weighted by Gasteiger charge is 2.30. The topological polar surface area (TPSA) is 82.5 Å². The maximum absolute atomic E-state index is 12.2. The molecule has 0 spiro atoms. The summed E-state index contributed by atoms with van der Waals surface area (Å²) in [6.07, 6.45) is -4.78. The molecule has 1 heterocycles. The van der Waals surface area contributed by atoms with Crippen LogP contribution in [0.3, 0.4) is 0 Å². The van der Waals surface area contributed by atoms with Crippen molar-refractivity contribution in [1.29, 1.82) is 0 Å². The van der Waals surface area contributed by atoms with Crippen molar-refractivity contribution in [3.63, 3.8) is 0 Å². The number of thioether (sulfide) groups is 1. The predicted molar refractivity (Wildman–Crippen MR) is 109 cm³/mol. The standard InChI is InChI=1S/C20H16F3N3O4S/c1-29-15-8-4-14(5-9-15)26-19(28)11-10-18(25-26)31-12-17(27)24-13-2-6-16(7-3-13)30-20(21,22)23/h2-11H,12H2,1H3,(H,24,27). The lowest BCUT2D eigenvalue weighted by molar-refractivity contribution is -0.274. The number of halogens is 3. The number of methoxy groups -OCH3 is 1. The van der Waals surface area contributed by atoms with E-state index in [2.05, 4.69) is 15.2 Å². The Labute approximate surface area is 178 Å². The minimum atomic E-state index is -4.78. The average Bonchev–Trinajstić information content (AvgIpc) is 2.74. The van der Waals surface area contributed by atoms with Gasteiger partial charge in [0.15, 0.2) is 0 Å². The van der Waals surface area contributed by atoms with E-state index in [9.17, 15) is 22.8 Å². The number of carbonyl (C=O) groups excluding carboxylic acids is 1. The van der Waals surface area contributed by atoms with Gasteiger partial charge < -0.3 is 14.8 Å². The summed E-state index contributed by atoms with van der Waals surface area (Å²) in [7, 11) is 1.53. The minimum Gasteiger partial charge on any atom is -0.497 e. The number of carbonyl (C=O) groups is 1. The van der Waals surface area contributed by atoms with Gasteiger partial charge in [-0.2, -0.15) is 9.78 Å². The molecule has 0 fully saturated rings. The van der Waals surface area contributed by atoms with Gasteiger partial charge in [-0.3, -0.25) is 9.59 Å². The van der Waals surface area contributed by atoms with E-state index in [0.717, 1.165) is 23.9 Å². The fourth-order valence-corrected chi connectivity index (χ4v) is 3.11. The zero-order valence-electron chi connectivity index (χ0n) is 16.1. The number of nitrogens with one attached hydrogen (secondary N) is 1. The van der Waals surface area contributed by atoms with Gasteiger partial charge in [-0.05, 0) is 54.6 Å². The molecule has 0 aliphatic heterocycles. The summed E-state index contributed by atoms with van der Waals surface area (Å²) in [5.74, 6) is -0.158. The van der Waals surface area contributed by atoms with E-state index < -0.39 is 12.3 Å². The fraction of sp³-hybridized carbons (Fsp3) is 0.150. The quantitative estimate of drug-likeness (QED) is 0.550. The monoisotopic (exact) mass is 451 g/mol. The SMILES string of the molecule is COc1ccc(-n2nc(SCC(=O)Nc3ccc(OC(F)(F)F)cc3)ccc2=O)cc1. The molecule has 31 heavy (non-hydrogen) atoms. The van der Waals surface area contributed by atoms with Crippen LogP contribution in [0.15, 0.2) is 70.5 Å². The van der Waals surface area contributed by atoms with Crippen LogP contribution in [0.1, 0.15) is 0 Å². The van der Waals surface area contributed by atoms with Crippen LogP contribution in [0, 0.1) is 0 Å². The number of hydrogen-bond donors (Lipinski definition) is 1. The molecule has 2 aromatic carbocycles. The van der Waals surface area contributed by atoms with Crippen molar-refractivity contribution in [3.8, 4) is 17.2 Å². The molecule has 0 aliphatic rings. The molecule has 0 radical (unpaired) electrons. The molecule has 0 saturated carbocycles. The first kappa shape index (κ1) is 22.2. The van der Waals surface area contributed by atoms with Gasteiger partial charge in [0.05, 0.1) is 18.6 Å². The Morgan fingerprint density at radius 2 is 1.68 bits per heavy atom. The van der Waals surface area contributed by atoms with Crippen LogP contribution in [0.5, 0.6) is 11.5 Å². The van der Waals surface area contributed by atoms with Crippen molar-refractivity contribution in [2.45, 2.75) is 11.4 Å². The molecule has 0 unspecified atom stereocenters. The fourth-order valence-electron chi connectivity index (χ4n) is 2.46. The number of rotatable bonds is 7. The number of nitrogens with zero attached hydrogens (tertiary/aromatic N) is 2. The Balaban J connectivity index is 1.60. The Kier molecular flexibility index (Phi) is 6.85. The average molecular weight is 451 g/mol. The van der Waals surface area contributed by atoms with E-state index >= 15 is 0 Å². The van der Waals surface area contributed by atoms with Crippen LogP contribution in [-0.2, 0) is 4.79 Å². The smallest absolute Gasteiger partial charge is 0.497 e. The van der Waals surface area contributed by atoms with E-state index in [1.54, 1.807) is 24.3 Å². The van der Waals surface area contributed by atoms with Crippen molar-refractivity contribution in [3.05, 3.63) is 71.0 Å². The summed E-state index contributed by atoms with van der Waals surface area (Å²) in [4.78, 5) is 24.3. The minimum absolute atomic E-state index is 0.0192. The Morgan fingerprint density at radius 1 is 1.03 bits per heavy atom. The van der Waals surface area contributed by atoms with Gasteiger partial charge in [0.2, 0.25) is 5.91 Å². The van der Waals surface area contributed by atoms with Gasteiger partial charge in [-0.1, -0.05) is 11.8 Å². The van der Waals surface area contributed by atoms with Gasteiger partial charge in [-0.25, -0.2) is 0 Å². The highest BCUT2D eigenvalue weighted by molar-refractivity contribution is 7.99. The van der Waals surface area contributed by atoms with E-state index in [1.165, 1.54) is 36.1 Å². The third kappa shape index (κ3) is 6.51. The molecule has 3 aromatic rings. The third-order valence-electron chi connectivity index (χ3n) is 3.82. The molecule has 3 rings (SSSR count). The highest BCUT2D eigenvalue weighted by atomic mass is 32.2. The van der Waals surface area contributed by atoms with E-state index in [0.29, 0.717) is 22.2 Å². The van der Waals surface area contributed by atoms with Gasteiger partial charge in [0, 0.05) is 11.8 Å². The van der Waals surface area contributed by atoms with Crippen LogP contribution in [0.4, 0.5) is 18.9 Å². The van der Waals surface area contributed by atoms with Crippen LogP contribution in [0.2, 0.25) is 0 Å². The summed E-state index contributed by atoms with van der Waals surface area (Å²) < 4.78 is 46.6.